The molecule has 0 bridgehead atoms. The minimum absolute atomic E-state index is 0.0524. The smallest absolute Gasteiger partial charge is 0.334 e. The maximum atomic E-state index is 12.3. The van der Waals surface area contributed by atoms with Crippen molar-refractivity contribution in [3.63, 3.8) is 0 Å². The predicted octanol–water partition coefficient (Wildman–Crippen LogP) is 4.14. The highest BCUT2D eigenvalue weighted by Crippen LogP contribution is 2.30. The van der Waals surface area contributed by atoms with Crippen LogP contribution in [-0.2, 0) is 6.42 Å². The summed E-state index contributed by atoms with van der Waals surface area (Å²) in [5, 5.41) is 25.3. The molecule has 0 radical (unpaired) electrons. The molecule has 0 aliphatic rings. The number of benzene rings is 2. The molecule has 0 unspecified atom stereocenters. The summed E-state index contributed by atoms with van der Waals surface area (Å²) < 4.78 is 0. The van der Waals surface area contributed by atoms with Gasteiger partial charge in [0.1, 0.15) is 6.33 Å². The van der Waals surface area contributed by atoms with Crippen molar-refractivity contribution in [2.24, 2.45) is 0 Å². The quantitative estimate of drug-likeness (QED) is 0.303. The first-order valence-corrected chi connectivity index (χ1v) is 10.0. The molecule has 0 aliphatic carbocycles. The van der Waals surface area contributed by atoms with E-state index >= 15 is 0 Å². The molecule has 3 aromatic rings. The molecule has 12 heteroatoms. The maximum Gasteiger partial charge on any atom is 0.355 e. The zero-order valence-electron chi connectivity index (χ0n) is 17.6. The molecule has 2 aromatic carbocycles. The fraction of sp³-hybridized carbons (Fsp3) is 0.190. The molecule has 3 rings (SSSR count). The lowest BCUT2D eigenvalue weighted by Crippen LogP contribution is -2.30. The number of hydrogen-bond donors (Lipinski definition) is 3. The third kappa shape index (κ3) is 5.97. The fourth-order valence-electron chi connectivity index (χ4n) is 2.93. The Kier molecular flexibility index (Phi) is 7.42. The molecule has 0 aliphatic heterocycles. The van der Waals surface area contributed by atoms with Crippen LogP contribution in [0, 0.1) is 20.2 Å². The Balaban J connectivity index is 1.74. The van der Waals surface area contributed by atoms with E-state index in [9.17, 15) is 25.0 Å². The summed E-state index contributed by atoms with van der Waals surface area (Å²) in [5.41, 5.74) is 5.98. The average molecular weight is 451 g/mol. The number of unbranched alkanes of at least 4 members (excludes halogenated alkanes) is 1. The average Bonchev–Trinajstić information content (AvgIpc) is 2.82. The molecule has 0 saturated carbocycles. The minimum Gasteiger partial charge on any atom is -0.334 e. The van der Waals surface area contributed by atoms with Crippen molar-refractivity contribution in [1.29, 1.82) is 0 Å². The Morgan fingerprint density at radius 2 is 1.61 bits per heavy atom. The van der Waals surface area contributed by atoms with Crippen LogP contribution in [0.5, 0.6) is 0 Å². The molecule has 33 heavy (non-hydrogen) atoms. The van der Waals surface area contributed by atoms with Gasteiger partial charge in [0.05, 0.1) is 9.85 Å². The van der Waals surface area contributed by atoms with E-state index in [0.717, 1.165) is 31.2 Å². The Hall–Kier alpha value is -4.61. The van der Waals surface area contributed by atoms with Gasteiger partial charge in [-0.1, -0.05) is 25.5 Å². The van der Waals surface area contributed by atoms with E-state index in [1.165, 1.54) is 24.3 Å². The van der Waals surface area contributed by atoms with E-state index in [4.69, 9.17) is 0 Å². The number of aromatic nitrogens is 2. The number of amides is 1. The van der Waals surface area contributed by atoms with Gasteiger partial charge in [-0.3, -0.25) is 35.9 Å². The van der Waals surface area contributed by atoms with Crippen LogP contribution in [-0.4, -0.2) is 25.7 Å². The van der Waals surface area contributed by atoms with Gasteiger partial charge in [0.2, 0.25) is 11.6 Å². The first-order valence-electron chi connectivity index (χ1n) is 10.0. The third-order valence-electron chi connectivity index (χ3n) is 4.68. The number of rotatable bonds is 10. The number of aryl methyl sites for hydroxylation is 1. The van der Waals surface area contributed by atoms with Crippen molar-refractivity contribution in [2.75, 3.05) is 10.7 Å². The topological polar surface area (TPSA) is 165 Å². The molecular weight excluding hydrogens is 430 g/mol. The van der Waals surface area contributed by atoms with Gasteiger partial charge in [-0.25, -0.2) is 9.97 Å². The zero-order chi connectivity index (χ0) is 23.8. The lowest BCUT2D eigenvalue weighted by atomic mass is 10.1. The summed E-state index contributed by atoms with van der Waals surface area (Å²) in [6, 6.07) is 12.4. The van der Waals surface area contributed by atoms with E-state index in [1.54, 1.807) is 12.1 Å². The molecule has 170 valence electrons. The highest BCUT2D eigenvalue weighted by atomic mass is 16.6. The Labute approximate surface area is 188 Å². The van der Waals surface area contributed by atoms with Crippen LogP contribution in [0.25, 0.3) is 0 Å². The molecule has 1 heterocycles. The van der Waals surface area contributed by atoms with Gasteiger partial charge in [0, 0.05) is 23.4 Å². The SMILES string of the molecule is CCCCc1ccc(Nc2ncnc(NNC(=O)c3ccc([N+](=O)[O-])cc3)c2[N+](=O)[O-])cc1. The number of non-ortho nitro benzene ring substituents is 1. The normalized spacial score (nSPS) is 10.3. The highest BCUT2D eigenvalue weighted by molar-refractivity contribution is 5.95. The molecule has 0 atom stereocenters. The number of hydrogen-bond acceptors (Lipinski definition) is 9. The van der Waals surface area contributed by atoms with Crippen molar-refractivity contribution in [3.05, 3.63) is 86.2 Å². The van der Waals surface area contributed by atoms with E-state index in [-0.39, 0.29) is 22.9 Å². The van der Waals surface area contributed by atoms with Gasteiger partial charge >= 0.3 is 5.69 Å². The Bertz CT molecular complexity index is 1150. The zero-order valence-corrected chi connectivity index (χ0v) is 17.6. The van der Waals surface area contributed by atoms with Crippen LogP contribution < -0.4 is 16.2 Å². The molecule has 12 nitrogen and oxygen atoms in total. The van der Waals surface area contributed by atoms with E-state index in [1.807, 2.05) is 12.1 Å². The maximum absolute atomic E-state index is 12.3. The first-order chi connectivity index (χ1) is 15.9. The van der Waals surface area contributed by atoms with Crippen LogP contribution in [0.4, 0.5) is 28.7 Å². The van der Waals surface area contributed by atoms with E-state index in [2.05, 4.69) is 33.1 Å². The summed E-state index contributed by atoms with van der Waals surface area (Å²) in [6.07, 6.45) is 4.23. The summed E-state index contributed by atoms with van der Waals surface area (Å²) in [5.74, 6) is -0.939. The summed E-state index contributed by atoms with van der Waals surface area (Å²) in [6.45, 7) is 2.12. The van der Waals surface area contributed by atoms with Crippen molar-refractivity contribution >= 4 is 34.6 Å². The predicted molar refractivity (Wildman–Crippen MR) is 121 cm³/mol. The second-order valence-electron chi connectivity index (χ2n) is 6.99. The lowest BCUT2D eigenvalue weighted by molar-refractivity contribution is -0.384. The molecular formula is C21H21N7O5. The largest absolute Gasteiger partial charge is 0.355 e. The highest BCUT2D eigenvalue weighted by Gasteiger charge is 2.24. The van der Waals surface area contributed by atoms with Crippen LogP contribution in [0.2, 0.25) is 0 Å². The molecule has 1 aromatic heterocycles. The molecule has 0 spiro atoms. The van der Waals surface area contributed by atoms with Crippen molar-refractivity contribution in [1.82, 2.24) is 15.4 Å². The number of carbonyl (C=O) groups excluding carboxylic acids is 1. The molecule has 0 fully saturated rings. The van der Waals surface area contributed by atoms with Crippen molar-refractivity contribution in [3.8, 4) is 0 Å². The van der Waals surface area contributed by atoms with E-state index in [0.29, 0.717) is 5.69 Å². The molecule has 0 saturated heterocycles. The van der Waals surface area contributed by atoms with Crippen molar-refractivity contribution < 1.29 is 14.6 Å². The van der Waals surface area contributed by atoms with Gasteiger partial charge in [0.15, 0.2) is 0 Å². The number of nitro groups is 2. The van der Waals surface area contributed by atoms with E-state index < -0.39 is 21.4 Å². The monoisotopic (exact) mass is 451 g/mol. The number of nitrogens with one attached hydrogen (secondary N) is 3. The summed E-state index contributed by atoms with van der Waals surface area (Å²) >= 11 is 0. The lowest BCUT2D eigenvalue weighted by Gasteiger charge is -2.11. The number of carbonyl (C=O) groups is 1. The molecule has 1 amide bonds. The second kappa shape index (κ2) is 10.6. The number of hydrazine groups is 1. The van der Waals surface area contributed by atoms with Gasteiger partial charge in [-0.05, 0) is 42.7 Å². The third-order valence-corrected chi connectivity index (χ3v) is 4.68. The Morgan fingerprint density at radius 1 is 0.939 bits per heavy atom. The fourth-order valence-corrected chi connectivity index (χ4v) is 2.93. The number of nitro benzene ring substituents is 1. The minimum atomic E-state index is -0.668. The van der Waals surface area contributed by atoms with Gasteiger partial charge in [0.25, 0.3) is 11.6 Å². The number of nitrogens with zero attached hydrogens (tertiary/aromatic N) is 4. The van der Waals surface area contributed by atoms with Crippen molar-refractivity contribution in [2.45, 2.75) is 26.2 Å². The molecule has 3 N–H and O–H groups in total. The van der Waals surface area contributed by atoms with Crippen LogP contribution in [0.15, 0.2) is 54.9 Å². The summed E-state index contributed by atoms with van der Waals surface area (Å²) in [4.78, 5) is 41.3. The second-order valence-corrected chi connectivity index (χ2v) is 6.99. The standard InChI is InChI=1S/C21H21N7O5/c1-2-3-4-14-5-9-16(10-6-14)24-19-18(28(32)33)20(23-13-22-19)25-26-21(29)15-7-11-17(12-8-15)27(30)31/h5-13H,2-4H2,1H3,(H,26,29)(H2,22,23,24,25). The number of anilines is 3. The van der Waals surface area contributed by atoms with Gasteiger partial charge in [-0.2, -0.15) is 0 Å². The van der Waals surface area contributed by atoms with Crippen LogP contribution in [0.3, 0.4) is 0 Å². The summed E-state index contributed by atoms with van der Waals surface area (Å²) in [7, 11) is 0. The Morgan fingerprint density at radius 3 is 2.21 bits per heavy atom. The van der Waals surface area contributed by atoms with Gasteiger partial charge < -0.3 is 5.32 Å². The van der Waals surface area contributed by atoms with Gasteiger partial charge in [-0.15, -0.1) is 0 Å². The van der Waals surface area contributed by atoms with Crippen LogP contribution in [0.1, 0.15) is 35.7 Å². The van der Waals surface area contributed by atoms with Crippen LogP contribution >= 0.6 is 0 Å². The first kappa shape index (κ1) is 23.1.